The average Bonchev–Trinajstić information content (AvgIpc) is 2.71. The van der Waals surface area contributed by atoms with Gasteiger partial charge in [-0.15, -0.1) is 0 Å². The molecular weight excluding hydrogens is 469 g/mol. The van der Waals surface area contributed by atoms with Crippen molar-refractivity contribution in [1.82, 2.24) is 10.2 Å². The maximum Gasteiger partial charge on any atom is 0.338 e. The number of amides is 1. The van der Waals surface area contributed by atoms with E-state index < -0.39 is 12.0 Å². The molecule has 0 bridgehead atoms. The molecule has 0 saturated heterocycles. The number of nitrogens with one attached hydrogen (secondary N) is 2. The van der Waals surface area contributed by atoms with Crippen molar-refractivity contribution >= 4 is 58.1 Å². The third-order valence-electron chi connectivity index (χ3n) is 4.99. The minimum absolute atomic E-state index is 0.250. The van der Waals surface area contributed by atoms with Crippen molar-refractivity contribution in [2.24, 2.45) is 0 Å². The molecule has 1 amide bonds. The van der Waals surface area contributed by atoms with Gasteiger partial charge in [-0.25, -0.2) is 4.79 Å². The second-order valence-electron chi connectivity index (χ2n) is 7.59. The van der Waals surface area contributed by atoms with Gasteiger partial charge in [-0.3, -0.25) is 4.79 Å². The molecule has 2 N–H and O–H groups in total. The van der Waals surface area contributed by atoms with E-state index >= 15 is 0 Å². The van der Waals surface area contributed by atoms with Crippen molar-refractivity contribution in [2.75, 3.05) is 12.4 Å². The third kappa shape index (κ3) is 5.23. The van der Waals surface area contributed by atoms with Crippen molar-refractivity contribution in [3.05, 3.63) is 74.9 Å². The molecule has 1 aliphatic heterocycles. The van der Waals surface area contributed by atoms with Crippen LogP contribution in [-0.4, -0.2) is 35.0 Å². The van der Waals surface area contributed by atoms with Crippen LogP contribution < -0.4 is 10.6 Å². The molecule has 2 aromatic carbocycles. The van der Waals surface area contributed by atoms with Gasteiger partial charge in [0.15, 0.2) is 5.11 Å². The van der Waals surface area contributed by atoms with Crippen molar-refractivity contribution in [1.29, 1.82) is 0 Å². The molecule has 0 aliphatic carbocycles. The lowest BCUT2D eigenvalue weighted by Crippen LogP contribution is -2.46. The summed E-state index contributed by atoms with van der Waals surface area (Å²) in [5.74, 6) is -0.755. The molecule has 1 atom stereocenters. The van der Waals surface area contributed by atoms with Gasteiger partial charge in [-0.05, 0) is 68.9 Å². The smallest absolute Gasteiger partial charge is 0.338 e. The fourth-order valence-electron chi connectivity index (χ4n) is 3.26. The summed E-state index contributed by atoms with van der Waals surface area (Å²) >= 11 is 17.4. The second-order valence-corrected chi connectivity index (χ2v) is 8.83. The second kappa shape index (κ2) is 9.90. The normalized spacial score (nSPS) is 16.2. The highest BCUT2D eigenvalue weighted by Gasteiger charge is 2.33. The molecule has 9 heteroatoms. The Morgan fingerprint density at radius 1 is 1.16 bits per heavy atom. The van der Waals surface area contributed by atoms with Crippen LogP contribution >= 0.6 is 35.4 Å². The van der Waals surface area contributed by atoms with Crippen molar-refractivity contribution < 1.29 is 14.3 Å². The number of hydrogen-bond acceptors (Lipinski definition) is 4. The molecule has 32 heavy (non-hydrogen) atoms. The van der Waals surface area contributed by atoms with Crippen LogP contribution in [0.1, 0.15) is 42.7 Å². The average molecular weight is 492 g/mol. The molecule has 168 valence electrons. The first kappa shape index (κ1) is 24.0. The predicted molar refractivity (Wildman–Crippen MR) is 131 cm³/mol. The molecule has 0 aromatic heterocycles. The molecule has 3 rings (SSSR count). The first-order valence-electron chi connectivity index (χ1n) is 9.90. The lowest BCUT2D eigenvalue weighted by Gasteiger charge is -2.35. The summed E-state index contributed by atoms with van der Waals surface area (Å²) in [6.07, 6.45) is -0.250. The van der Waals surface area contributed by atoms with Crippen LogP contribution in [0.3, 0.4) is 0 Å². The highest BCUT2D eigenvalue weighted by molar-refractivity contribution is 7.80. The fourth-order valence-corrected chi connectivity index (χ4v) is 4.01. The van der Waals surface area contributed by atoms with Gasteiger partial charge in [0.2, 0.25) is 0 Å². The van der Waals surface area contributed by atoms with Crippen LogP contribution in [0.5, 0.6) is 0 Å². The van der Waals surface area contributed by atoms with E-state index in [-0.39, 0.29) is 17.0 Å². The molecule has 1 unspecified atom stereocenters. The zero-order valence-electron chi connectivity index (χ0n) is 18.0. The topological polar surface area (TPSA) is 70.7 Å². The maximum absolute atomic E-state index is 12.8. The Morgan fingerprint density at radius 3 is 2.41 bits per heavy atom. The molecule has 0 saturated carbocycles. The number of esters is 1. The summed E-state index contributed by atoms with van der Waals surface area (Å²) in [5.41, 5.74) is 2.91. The van der Waals surface area contributed by atoms with Gasteiger partial charge in [0.25, 0.3) is 5.91 Å². The molecule has 1 heterocycles. The lowest BCUT2D eigenvalue weighted by molar-refractivity contribution is -0.143. The van der Waals surface area contributed by atoms with Gasteiger partial charge in [0.1, 0.15) is 0 Å². The van der Waals surface area contributed by atoms with Crippen LogP contribution in [-0.2, 0) is 9.53 Å². The lowest BCUT2D eigenvalue weighted by atomic mass is 9.95. The van der Waals surface area contributed by atoms with Gasteiger partial charge >= 0.3 is 5.97 Å². The van der Waals surface area contributed by atoms with Gasteiger partial charge in [-0.2, -0.15) is 0 Å². The van der Waals surface area contributed by atoms with E-state index in [1.165, 1.54) is 6.07 Å². The minimum atomic E-state index is -0.472. The SMILES string of the molecule is CC1=C(C(=O)OC(C)C)C(c2ccc(NC(=O)c3ccc(Cl)cc3Cl)cc2)NC(=S)N1C. The molecule has 6 nitrogen and oxygen atoms in total. The van der Waals surface area contributed by atoms with Crippen LogP contribution in [0.2, 0.25) is 10.0 Å². The maximum atomic E-state index is 12.8. The minimum Gasteiger partial charge on any atom is -0.459 e. The summed E-state index contributed by atoms with van der Waals surface area (Å²) in [6, 6.07) is 11.4. The Labute approximate surface area is 202 Å². The van der Waals surface area contributed by atoms with Crippen LogP contribution in [0.25, 0.3) is 0 Å². The monoisotopic (exact) mass is 491 g/mol. The van der Waals surface area contributed by atoms with E-state index in [4.69, 9.17) is 40.2 Å². The van der Waals surface area contributed by atoms with Gasteiger partial charge < -0.3 is 20.3 Å². The number of anilines is 1. The zero-order valence-corrected chi connectivity index (χ0v) is 20.4. The number of carbonyl (C=O) groups is 2. The number of ether oxygens (including phenoxy) is 1. The van der Waals surface area contributed by atoms with E-state index in [0.717, 1.165) is 11.3 Å². The van der Waals surface area contributed by atoms with E-state index in [0.29, 0.717) is 27.0 Å². The van der Waals surface area contributed by atoms with Crippen LogP contribution in [0.15, 0.2) is 53.7 Å². The highest BCUT2D eigenvalue weighted by Crippen LogP contribution is 2.32. The van der Waals surface area contributed by atoms with Crippen molar-refractivity contribution in [3.63, 3.8) is 0 Å². The Balaban J connectivity index is 1.85. The summed E-state index contributed by atoms with van der Waals surface area (Å²) < 4.78 is 5.45. The van der Waals surface area contributed by atoms with E-state index in [2.05, 4.69) is 10.6 Å². The van der Waals surface area contributed by atoms with E-state index in [1.54, 1.807) is 50.1 Å². The van der Waals surface area contributed by atoms with Crippen molar-refractivity contribution in [2.45, 2.75) is 32.9 Å². The largest absolute Gasteiger partial charge is 0.459 e. The Bertz CT molecular complexity index is 1100. The van der Waals surface area contributed by atoms with E-state index in [1.807, 2.05) is 19.1 Å². The number of nitrogens with zero attached hydrogens (tertiary/aromatic N) is 1. The van der Waals surface area contributed by atoms with Crippen molar-refractivity contribution in [3.8, 4) is 0 Å². The molecular formula is C23H23Cl2N3O3S. The van der Waals surface area contributed by atoms with Gasteiger partial charge in [0, 0.05) is 23.5 Å². The van der Waals surface area contributed by atoms with Gasteiger partial charge in [-0.1, -0.05) is 35.3 Å². The summed E-state index contributed by atoms with van der Waals surface area (Å²) in [4.78, 5) is 27.1. The Hall–Kier alpha value is -2.61. The first-order chi connectivity index (χ1) is 15.1. The number of halogens is 2. The Morgan fingerprint density at radius 2 is 1.81 bits per heavy atom. The van der Waals surface area contributed by atoms with Gasteiger partial charge in [0.05, 0.1) is 28.3 Å². The number of benzene rings is 2. The first-order valence-corrected chi connectivity index (χ1v) is 11.1. The molecule has 0 radical (unpaired) electrons. The fraction of sp³-hybridized carbons (Fsp3) is 0.261. The van der Waals surface area contributed by atoms with E-state index in [9.17, 15) is 9.59 Å². The quantitative estimate of drug-likeness (QED) is 0.434. The molecule has 0 fully saturated rings. The third-order valence-corrected chi connectivity index (χ3v) is 5.93. The number of allylic oxidation sites excluding steroid dienone is 1. The summed E-state index contributed by atoms with van der Waals surface area (Å²) in [5, 5.41) is 7.23. The summed E-state index contributed by atoms with van der Waals surface area (Å²) in [7, 11) is 1.80. The number of hydrogen-bond donors (Lipinski definition) is 2. The standard InChI is InChI=1S/C23H23Cl2N3O3S/c1-12(2)31-22(30)19-13(3)28(4)23(32)27-20(19)14-5-8-16(9-6-14)26-21(29)17-10-7-15(24)11-18(17)25/h5-12,20H,1-4H3,(H,26,29)(H,27,32). The van der Waals surface area contributed by atoms with Crippen LogP contribution in [0, 0.1) is 0 Å². The predicted octanol–water partition coefficient (Wildman–Crippen LogP) is 5.33. The number of rotatable bonds is 5. The summed E-state index contributed by atoms with van der Waals surface area (Å²) in [6.45, 7) is 5.44. The highest BCUT2D eigenvalue weighted by atomic mass is 35.5. The molecule has 2 aromatic rings. The number of thiocarbonyl (C=S) groups is 1. The van der Waals surface area contributed by atoms with Crippen LogP contribution in [0.4, 0.5) is 5.69 Å². The zero-order chi connectivity index (χ0) is 23.6. The number of carbonyl (C=O) groups excluding carboxylic acids is 2. The molecule has 0 spiro atoms. The molecule has 1 aliphatic rings. The Kier molecular flexibility index (Phi) is 7.44.